The fraction of sp³-hybridized carbons (Fsp3) is 0.333. The standard InChI is InChI=1S/C15H19NO9S3/c1-2-3-4-5-26(18,19)16-13-8-11(27(20,21)22)6-10-7-12(28(23,24)25)9-14(17)15(10)13/h6-9,16-17H,2-5H2,1H3,(H,20,21,22)(H,23,24,25). The van der Waals surface area contributed by atoms with Crippen molar-refractivity contribution in [3.63, 3.8) is 0 Å². The summed E-state index contributed by atoms with van der Waals surface area (Å²) in [6.07, 6.45) is 1.77. The minimum Gasteiger partial charge on any atom is -0.507 e. The number of hydrogen-bond donors (Lipinski definition) is 4. The van der Waals surface area contributed by atoms with Crippen LogP contribution >= 0.6 is 0 Å². The van der Waals surface area contributed by atoms with Gasteiger partial charge in [0.15, 0.2) is 0 Å². The number of unbranched alkanes of at least 4 members (excludes halogenated alkanes) is 2. The summed E-state index contributed by atoms with van der Waals surface area (Å²) in [5.41, 5.74) is -0.360. The van der Waals surface area contributed by atoms with Gasteiger partial charge in [0.1, 0.15) is 5.75 Å². The van der Waals surface area contributed by atoms with Crippen molar-refractivity contribution in [2.45, 2.75) is 36.0 Å². The lowest BCUT2D eigenvalue weighted by Crippen LogP contribution is -2.17. The van der Waals surface area contributed by atoms with Crippen LogP contribution in [0.3, 0.4) is 0 Å². The second-order valence-electron chi connectivity index (χ2n) is 6.09. The largest absolute Gasteiger partial charge is 0.507 e. The zero-order chi connectivity index (χ0) is 21.3. The van der Waals surface area contributed by atoms with E-state index in [2.05, 4.69) is 4.72 Å². The molecule has 13 heteroatoms. The number of benzene rings is 2. The summed E-state index contributed by atoms with van der Waals surface area (Å²) >= 11 is 0. The van der Waals surface area contributed by atoms with Crippen LogP contribution in [-0.4, -0.2) is 45.2 Å². The van der Waals surface area contributed by atoms with Crippen molar-refractivity contribution >= 4 is 46.7 Å². The van der Waals surface area contributed by atoms with Gasteiger partial charge in [0.2, 0.25) is 10.0 Å². The third-order valence-electron chi connectivity index (χ3n) is 3.85. The zero-order valence-electron chi connectivity index (χ0n) is 14.7. The smallest absolute Gasteiger partial charge is 0.294 e. The van der Waals surface area contributed by atoms with Gasteiger partial charge < -0.3 is 5.11 Å². The van der Waals surface area contributed by atoms with Crippen molar-refractivity contribution in [3.8, 4) is 5.75 Å². The van der Waals surface area contributed by atoms with Gasteiger partial charge >= 0.3 is 0 Å². The molecular weight excluding hydrogens is 434 g/mol. The molecule has 0 aliphatic heterocycles. The van der Waals surface area contributed by atoms with Crippen molar-refractivity contribution in [2.75, 3.05) is 10.5 Å². The molecule has 0 bridgehead atoms. The van der Waals surface area contributed by atoms with Gasteiger partial charge in [-0.25, -0.2) is 8.42 Å². The molecule has 0 spiro atoms. The molecule has 0 amide bonds. The molecule has 0 saturated carbocycles. The van der Waals surface area contributed by atoms with Crippen molar-refractivity contribution in [1.82, 2.24) is 0 Å². The van der Waals surface area contributed by atoms with E-state index < -0.39 is 45.8 Å². The number of anilines is 1. The molecule has 10 nitrogen and oxygen atoms in total. The number of hydrogen-bond acceptors (Lipinski definition) is 7. The molecule has 0 aliphatic rings. The molecule has 156 valence electrons. The first-order chi connectivity index (χ1) is 12.7. The first-order valence-electron chi connectivity index (χ1n) is 8.01. The van der Waals surface area contributed by atoms with Crippen LogP contribution in [0.15, 0.2) is 34.1 Å². The van der Waals surface area contributed by atoms with E-state index in [9.17, 15) is 34.9 Å². The Kier molecular flexibility index (Phi) is 6.25. The Morgan fingerprint density at radius 1 is 0.857 bits per heavy atom. The van der Waals surface area contributed by atoms with Gasteiger partial charge in [-0.3, -0.25) is 13.8 Å². The Balaban J connectivity index is 2.73. The predicted octanol–water partition coefficient (Wildman–Crippen LogP) is 1.97. The first kappa shape index (κ1) is 22.4. The van der Waals surface area contributed by atoms with E-state index in [-0.39, 0.29) is 22.2 Å². The minimum absolute atomic E-state index is 0.195. The number of aromatic hydroxyl groups is 1. The van der Waals surface area contributed by atoms with Crippen LogP contribution in [0.1, 0.15) is 26.2 Å². The lowest BCUT2D eigenvalue weighted by molar-refractivity contribution is 0.471. The number of phenols is 1. The number of rotatable bonds is 8. The maximum absolute atomic E-state index is 12.3. The van der Waals surface area contributed by atoms with Gasteiger partial charge in [-0.1, -0.05) is 19.8 Å². The molecule has 0 heterocycles. The molecule has 0 unspecified atom stereocenters. The summed E-state index contributed by atoms with van der Waals surface area (Å²) in [6, 6.07) is 3.18. The summed E-state index contributed by atoms with van der Waals surface area (Å²) in [6.45, 7) is 1.88. The normalized spacial score (nSPS) is 13.0. The quantitative estimate of drug-likeness (QED) is 0.344. The van der Waals surface area contributed by atoms with E-state index >= 15 is 0 Å². The molecule has 2 aromatic rings. The second kappa shape index (κ2) is 7.83. The van der Waals surface area contributed by atoms with E-state index in [4.69, 9.17) is 4.55 Å². The lowest BCUT2D eigenvalue weighted by Gasteiger charge is -2.14. The van der Waals surface area contributed by atoms with Gasteiger partial charge in [-0.05, 0) is 30.0 Å². The van der Waals surface area contributed by atoms with Gasteiger partial charge in [-0.15, -0.1) is 0 Å². The summed E-state index contributed by atoms with van der Waals surface area (Å²) in [4.78, 5) is -1.46. The average Bonchev–Trinajstić information content (AvgIpc) is 2.52. The van der Waals surface area contributed by atoms with Crippen LogP contribution in [0.4, 0.5) is 5.69 Å². The molecule has 4 N–H and O–H groups in total. The second-order valence-corrected chi connectivity index (χ2v) is 10.8. The Bertz CT molecular complexity index is 1210. The highest BCUT2D eigenvalue weighted by Crippen LogP contribution is 2.37. The highest BCUT2D eigenvalue weighted by Gasteiger charge is 2.21. The number of nitrogens with one attached hydrogen (secondary N) is 1. The minimum atomic E-state index is -4.78. The van der Waals surface area contributed by atoms with Gasteiger partial charge in [0.25, 0.3) is 20.2 Å². The highest BCUT2D eigenvalue weighted by atomic mass is 32.2. The van der Waals surface area contributed by atoms with Crippen molar-refractivity contribution in [2.24, 2.45) is 0 Å². The molecule has 0 radical (unpaired) electrons. The SMILES string of the molecule is CCCCCS(=O)(=O)Nc1cc(S(=O)(=O)O)cc2cc(S(=O)(=O)O)cc(O)c12. The van der Waals surface area contributed by atoms with Crippen LogP contribution in [0.2, 0.25) is 0 Å². The van der Waals surface area contributed by atoms with Crippen LogP contribution in [0.25, 0.3) is 10.8 Å². The summed E-state index contributed by atoms with van der Waals surface area (Å²) < 4.78 is 90.9. The van der Waals surface area contributed by atoms with E-state index in [1.54, 1.807) is 0 Å². The van der Waals surface area contributed by atoms with Crippen molar-refractivity contribution < 1.29 is 39.5 Å². The molecule has 0 aromatic heterocycles. The zero-order valence-corrected chi connectivity index (χ0v) is 17.1. The average molecular weight is 454 g/mol. The van der Waals surface area contributed by atoms with Crippen LogP contribution < -0.4 is 4.72 Å². The van der Waals surface area contributed by atoms with E-state index in [0.29, 0.717) is 18.9 Å². The fourth-order valence-electron chi connectivity index (χ4n) is 2.58. The van der Waals surface area contributed by atoms with Crippen molar-refractivity contribution in [3.05, 3.63) is 24.3 Å². The fourth-order valence-corrected chi connectivity index (χ4v) is 4.84. The molecule has 2 rings (SSSR count). The molecule has 0 atom stereocenters. The molecular formula is C15H19NO9S3. The van der Waals surface area contributed by atoms with Crippen LogP contribution in [-0.2, 0) is 30.3 Å². The highest BCUT2D eigenvalue weighted by molar-refractivity contribution is 7.92. The Labute approximate surface area is 162 Å². The maximum atomic E-state index is 12.3. The molecule has 0 saturated heterocycles. The third kappa shape index (κ3) is 5.32. The van der Waals surface area contributed by atoms with Gasteiger partial charge in [0, 0.05) is 11.5 Å². The maximum Gasteiger partial charge on any atom is 0.294 e. The molecule has 28 heavy (non-hydrogen) atoms. The van der Waals surface area contributed by atoms with E-state index in [1.165, 1.54) is 0 Å². The Hall–Kier alpha value is -1.93. The number of fused-ring (bicyclic) bond motifs is 1. The Morgan fingerprint density at radius 3 is 1.89 bits per heavy atom. The number of sulfonamides is 1. The van der Waals surface area contributed by atoms with Crippen LogP contribution in [0, 0.1) is 0 Å². The van der Waals surface area contributed by atoms with Gasteiger partial charge in [0.05, 0.1) is 21.2 Å². The van der Waals surface area contributed by atoms with E-state index in [0.717, 1.165) is 24.6 Å². The molecule has 0 aliphatic carbocycles. The lowest BCUT2D eigenvalue weighted by atomic mass is 10.1. The third-order valence-corrected chi connectivity index (χ3v) is 6.87. The van der Waals surface area contributed by atoms with Crippen molar-refractivity contribution in [1.29, 1.82) is 0 Å². The predicted molar refractivity (Wildman–Crippen MR) is 102 cm³/mol. The summed E-state index contributed by atoms with van der Waals surface area (Å²) in [5, 5.41) is 9.76. The topological polar surface area (TPSA) is 175 Å². The summed E-state index contributed by atoms with van der Waals surface area (Å²) in [7, 11) is -13.4. The van der Waals surface area contributed by atoms with E-state index in [1.807, 2.05) is 6.92 Å². The monoisotopic (exact) mass is 453 g/mol. The van der Waals surface area contributed by atoms with Crippen LogP contribution in [0.5, 0.6) is 5.75 Å². The summed E-state index contributed by atoms with van der Waals surface area (Å²) in [5.74, 6) is -0.972. The van der Waals surface area contributed by atoms with Gasteiger partial charge in [-0.2, -0.15) is 16.8 Å². The Morgan fingerprint density at radius 2 is 1.39 bits per heavy atom. The molecule has 2 aromatic carbocycles. The first-order valence-corrected chi connectivity index (χ1v) is 12.5. The molecule has 0 fully saturated rings. The number of phenolic OH excluding ortho intramolecular Hbond substituents is 1.